The van der Waals surface area contributed by atoms with Crippen molar-refractivity contribution < 1.29 is 14.5 Å². The van der Waals surface area contributed by atoms with E-state index in [0.29, 0.717) is 6.54 Å². The second-order valence-electron chi connectivity index (χ2n) is 7.02. The number of hydrogen-bond donors (Lipinski definition) is 3. The molecule has 0 aliphatic rings. The highest BCUT2D eigenvalue weighted by molar-refractivity contribution is 6.02. The van der Waals surface area contributed by atoms with Crippen molar-refractivity contribution in [1.82, 2.24) is 5.32 Å². The highest BCUT2D eigenvalue weighted by Gasteiger charge is 2.23. The molecule has 5 heteroatoms. The van der Waals surface area contributed by atoms with Crippen molar-refractivity contribution in [2.24, 2.45) is 0 Å². The van der Waals surface area contributed by atoms with E-state index >= 15 is 0 Å². The van der Waals surface area contributed by atoms with Crippen molar-refractivity contribution in [3.05, 3.63) is 78.4 Å². The lowest BCUT2D eigenvalue weighted by Gasteiger charge is -2.21. The number of rotatable bonds is 7. The van der Waals surface area contributed by atoms with E-state index in [9.17, 15) is 9.59 Å². The number of anilines is 1. The van der Waals surface area contributed by atoms with Crippen LogP contribution in [0.2, 0.25) is 0 Å². The number of amides is 2. The van der Waals surface area contributed by atoms with Gasteiger partial charge in [0.25, 0.3) is 11.8 Å². The van der Waals surface area contributed by atoms with Crippen LogP contribution in [0.1, 0.15) is 12.5 Å². The zero-order valence-corrected chi connectivity index (χ0v) is 16.2. The Balaban J connectivity index is 1.55. The molecular formula is C23H26N3O2+. The van der Waals surface area contributed by atoms with Crippen LogP contribution >= 0.6 is 0 Å². The van der Waals surface area contributed by atoms with Crippen LogP contribution < -0.4 is 15.5 Å². The van der Waals surface area contributed by atoms with E-state index in [1.165, 1.54) is 0 Å². The van der Waals surface area contributed by atoms with E-state index in [-0.39, 0.29) is 24.4 Å². The summed E-state index contributed by atoms with van der Waals surface area (Å²) in [6.45, 7) is 2.53. The fraction of sp³-hybridized carbons (Fsp3) is 0.217. The minimum atomic E-state index is -0.332. The van der Waals surface area contributed by atoms with Gasteiger partial charge < -0.3 is 15.5 Å². The van der Waals surface area contributed by atoms with Crippen molar-refractivity contribution in [2.45, 2.75) is 19.5 Å². The third kappa shape index (κ3) is 4.96. The molecule has 2 atom stereocenters. The van der Waals surface area contributed by atoms with Crippen molar-refractivity contribution in [3.63, 3.8) is 0 Å². The van der Waals surface area contributed by atoms with Crippen molar-refractivity contribution in [3.8, 4) is 0 Å². The smallest absolute Gasteiger partial charge is 0.279 e. The summed E-state index contributed by atoms with van der Waals surface area (Å²) < 4.78 is 0. The van der Waals surface area contributed by atoms with E-state index in [1.54, 1.807) is 0 Å². The van der Waals surface area contributed by atoms with Crippen LogP contribution in [0, 0.1) is 0 Å². The highest BCUT2D eigenvalue weighted by Crippen LogP contribution is 2.22. The monoisotopic (exact) mass is 376 g/mol. The van der Waals surface area contributed by atoms with E-state index in [2.05, 4.69) is 10.6 Å². The standard InChI is InChI=1S/C23H25N3O2/c1-17(23(28)24-15-18-9-4-3-5-10-18)26(2)16-22(27)25-21-14-8-12-19-11-6-7-13-20(19)21/h3-14,17H,15-16H2,1-2H3,(H,24,28)(H,25,27)/p+1/t17-/m1/s1. The van der Waals surface area contributed by atoms with Crippen LogP contribution in [0.25, 0.3) is 10.8 Å². The van der Waals surface area contributed by atoms with Crippen LogP contribution in [-0.4, -0.2) is 31.4 Å². The molecule has 28 heavy (non-hydrogen) atoms. The van der Waals surface area contributed by atoms with Gasteiger partial charge in [0.05, 0.1) is 7.05 Å². The molecule has 0 aliphatic heterocycles. The molecule has 0 bridgehead atoms. The molecule has 3 aromatic rings. The second-order valence-corrected chi connectivity index (χ2v) is 7.02. The van der Waals surface area contributed by atoms with Gasteiger partial charge in [-0.2, -0.15) is 0 Å². The number of hydrogen-bond acceptors (Lipinski definition) is 2. The van der Waals surface area contributed by atoms with Gasteiger partial charge in [-0.25, -0.2) is 0 Å². The molecule has 2 amide bonds. The van der Waals surface area contributed by atoms with Gasteiger partial charge in [0.1, 0.15) is 0 Å². The number of carbonyl (C=O) groups is 2. The maximum Gasteiger partial charge on any atom is 0.279 e. The third-order valence-corrected chi connectivity index (χ3v) is 4.95. The minimum Gasteiger partial charge on any atom is -0.347 e. The van der Waals surface area contributed by atoms with E-state index < -0.39 is 0 Å². The quantitative estimate of drug-likeness (QED) is 0.591. The largest absolute Gasteiger partial charge is 0.347 e. The summed E-state index contributed by atoms with van der Waals surface area (Å²) in [6, 6.07) is 23.2. The molecule has 0 aromatic heterocycles. The van der Waals surface area contributed by atoms with Gasteiger partial charge in [0.2, 0.25) is 0 Å². The summed E-state index contributed by atoms with van der Waals surface area (Å²) in [5.74, 6) is -0.184. The molecular weight excluding hydrogens is 350 g/mol. The maximum absolute atomic E-state index is 12.5. The van der Waals surface area contributed by atoms with Gasteiger partial charge in [0, 0.05) is 17.6 Å². The van der Waals surface area contributed by atoms with Crippen LogP contribution in [-0.2, 0) is 16.1 Å². The van der Waals surface area contributed by atoms with Crippen molar-refractivity contribution in [2.75, 3.05) is 18.9 Å². The zero-order valence-electron chi connectivity index (χ0n) is 16.2. The lowest BCUT2D eigenvalue weighted by molar-refractivity contribution is -0.885. The fourth-order valence-electron chi connectivity index (χ4n) is 3.10. The second kappa shape index (κ2) is 9.15. The number of fused-ring (bicyclic) bond motifs is 1. The fourth-order valence-corrected chi connectivity index (χ4v) is 3.10. The maximum atomic E-state index is 12.5. The Kier molecular flexibility index (Phi) is 6.40. The summed E-state index contributed by atoms with van der Waals surface area (Å²) in [7, 11) is 1.86. The van der Waals surface area contributed by atoms with Gasteiger partial charge in [-0.1, -0.05) is 66.7 Å². The first-order valence-corrected chi connectivity index (χ1v) is 9.46. The van der Waals surface area contributed by atoms with Gasteiger partial charge in [0.15, 0.2) is 12.6 Å². The summed E-state index contributed by atoms with van der Waals surface area (Å²) >= 11 is 0. The molecule has 3 N–H and O–H groups in total. The predicted molar refractivity (Wildman–Crippen MR) is 112 cm³/mol. The van der Waals surface area contributed by atoms with Gasteiger partial charge in [-0.3, -0.25) is 9.59 Å². The zero-order chi connectivity index (χ0) is 19.9. The van der Waals surface area contributed by atoms with Crippen LogP contribution in [0.15, 0.2) is 72.8 Å². The molecule has 0 radical (unpaired) electrons. The van der Waals surface area contributed by atoms with E-state index in [4.69, 9.17) is 0 Å². The molecule has 144 valence electrons. The lowest BCUT2D eigenvalue weighted by atomic mass is 10.1. The van der Waals surface area contributed by atoms with Gasteiger partial charge in [-0.05, 0) is 23.9 Å². The van der Waals surface area contributed by atoms with Gasteiger partial charge in [-0.15, -0.1) is 0 Å². The summed E-state index contributed by atoms with van der Waals surface area (Å²) in [4.78, 5) is 25.8. The Morgan fingerprint density at radius 3 is 2.39 bits per heavy atom. The Hall–Kier alpha value is -3.18. The average molecular weight is 376 g/mol. The Morgan fingerprint density at radius 2 is 1.61 bits per heavy atom. The van der Waals surface area contributed by atoms with Crippen LogP contribution in [0.4, 0.5) is 5.69 Å². The average Bonchev–Trinajstić information content (AvgIpc) is 2.72. The third-order valence-electron chi connectivity index (χ3n) is 4.95. The molecule has 0 saturated heterocycles. The predicted octanol–water partition coefficient (Wildman–Crippen LogP) is 2.00. The van der Waals surface area contributed by atoms with Crippen LogP contribution in [0.5, 0.6) is 0 Å². The van der Waals surface area contributed by atoms with Crippen molar-refractivity contribution in [1.29, 1.82) is 0 Å². The summed E-state index contributed by atoms with van der Waals surface area (Å²) in [5.41, 5.74) is 1.84. The highest BCUT2D eigenvalue weighted by atomic mass is 16.2. The summed E-state index contributed by atoms with van der Waals surface area (Å²) in [5, 5.41) is 7.99. The minimum absolute atomic E-state index is 0.0701. The van der Waals surface area contributed by atoms with E-state index in [0.717, 1.165) is 26.9 Å². The first-order valence-electron chi connectivity index (χ1n) is 9.46. The van der Waals surface area contributed by atoms with E-state index in [1.807, 2.05) is 86.8 Å². The molecule has 0 saturated carbocycles. The topological polar surface area (TPSA) is 62.6 Å². The Morgan fingerprint density at radius 1 is 0.929 bits per heavy atom. The normalized spacial score (nSPS) is 12.9. The molecule has 0 fully saturated rings. The first kappa shape index (κ1) is 19.6. The number of quaternary nitrogens is 1. The SMILES string of the molecule is C[C@H](C(=O)NCc1ccccc1)[NH+](C)CC(=O)Nc1cccc2ccccc12. The van der Waals surface area contributed by atoms with Crippen LogP contribution in [0.3, 0.4) is 0 Å². The first-order chi connectivity index (χ1) is 13.5. The summed E-state index contributed by atoms with van der Waals surface area (Å²) in [6.07, 6.45) is 0. The molecule has 1 unspecified atom stereocenters. The molecule has 0 spiro atoms. The van der Waals surface area contributed by atoms with Gasteiger partial charge >= 0.3 is 0 Å². The molecule has 0 heterocycles. The number of carbonyl (C=O) groups excluding carboxylic acids is 2. The number of benzene rings is 3. The molecule has 5 nitrogen and oxygen atoms in total. The Bertz CT molecular complexity index is 951. The lowest BCUT2D eigenvalue weighted by Crippen LogP contribution is -3.15. The molecule has 3 rings (SSSR count). The molecule has 0 aliphatic carbocycles. The number of nitrogens with one attached hydrogen (secondary N) is 3. The number of likely N-dealkylation sites (N-methyl/N-ethyl adjacent to an activating group) is 1. The Labute approximate surface area is 165 Å². The van der Waals surface area contributed by atoms with Crippen molar-refractivity contribution >= 4 is 28.3 Å². The molecule has 3 aromatic carbocycles.